The van der Waals surface area contributed by atoms with Crippen LogP contribution in [-0.2, 0) is 16.6 Å². The Balaban J connectivity index is 3.04. The fourth-order valence-corrected chi connectivity index (χ4v) is 5.43. The Kier molecular flexibility index (Phi) is 7.33. The maximum atomic E-state index is 12.9. The summed E-state index contributed by atoms with van der Waals surface area (Å²) in [6.07, 6.45) is 2.90. The van der Waals surface area contributed by atoms with E-state index >= 15 is 0 Å². The molecule has 0 aliphatic rings. The second kappa shape index (κ2) is 8.27. The average molecular weight is 333 g/mol. The van der Waals surface area contributed by atoms with Crippen LogP contribution in [0.3, 0.4) is 0 Å². The Labute approximate surface area is 133 Å². The lowest BCUT2D eigenvalue weighted by Crippen LogP contribution is -2.35. The summed E-state index contributed by atoms with van der Waals surface area (Å²) in [5, 5.41) is 5.24. The van der Waals surface area contributed by atoms with Gasteiger partial charge in [-0.3, -0.25) is 0 Å². The minimum atomic E-state index is -3.41. The van der Waals surface area contributed by atoms with Crippen LogP contribution in [0, 0.1) is 6.92 Å². The van der Waals surface area contributed by atoms with Crippen molar-refractivity contribution in [2.24, 2.45) is 0 Å². The molecule has 0 bridgehead atoms. The van der Waals surface area contributed by atoms with Crippen LogP contribution in [0.1, 0.15) is 50.5 Å². The molecule has 0 amide bonds. The molecule has 1 aromatic rings. The monoisotopic (exact) mass is 332 g/mol. The lowest BCUT2D eigenvalue weighted by atomic mass is 10.2. The van der Waals surface area contributed by atoms with Crippen LogP contribution < -0.4 is 5.32 Å². The van der Waals surface area contributed by atoms with Crippen molar-refractivity contribution in [1.82, 2.24) is 9.62 Å². The van der Waals surface area contributed by atoms with Crippen molar-refractivity contribution in [3.05, 3.63) is 15.8 Å². The number of sulfonamides is 1. The third-order valence-corrected chi connectivity index (χ3v) is 7.10. The number of aryl methyl sites for hydroxylation is 1. The molecule has 0 fully saturated rings. The molecule has 1 N–H and O–H groups in total. The topological polar surface area (TPSA) is 49.4 Å². The normalized spacial score (nSPS) is 13.8. The van der Waals surface area contributed by atoms with Crippen LogP contribution in [0.15, 0.2) is 10.3 Å². The zero-order valence-electron chi connectivity index (χ0n) is 13.8. The molecule has 0 spiro atoms. The summed E-state index contributed by atoms with van der Waals surface area (Å²) in [7, 11) is -1.72. The van der Waals surface area contributed by atoms with E-state index in [9.17, 15) is 8.42 Å². The average Bonchev–Trinajstić information content (AvgIpc) is 2.80. The molecule has 122 valence electrons. The Bertz CT molecular complexity index is 538. The fraction of sp³-hybridized carbons (Fsp3) is 0.733. The van der Waals surface area contributed by atoms with Crippen molar-refractivity contribution >= 4 is 21.4 Å². The second-order valence-corrected chi connectivity index (χ2v) is 8.41. The number of hydrogen-bond donors (Lipinski definition) is 1. The van der Waals surface area contributed by atoms with Gasteiger partial charge in [0.2, 0.25) is 10.0 Å². The molecule has 0 saturated carbocycles. The maximum Gasteiger partial charge on any atom is 0.244 e. The van der Waals surface area contributed by atoms with E-state index in [-0.39, 0.29) is 6.04 Å². The van der Waals surface area contributed by atoms with Crippen LogP contribution in [0.2, 0.25) is 0 Å². The highest BCUT2D eigenvalue weighted by molar-refractivity contribution is 7.89. The third-order valence-electron chi connectivity index (χ3n) is 3.67. The summed E-state index contributed by atoms with van der Waals surface area (Å²) < 4.78 is 27.3. The lowest BCUT2D eigenvalue weighted by Gasteiger charge is -2.24. The molecule has 1 rings (SSSR count). The van der Waals surface area contributed by atoms with Crippen molar-refractivity contribution in [1.29, 1.82) is 0 Å². The molecule has 1 aromatic heterocycles. The minimum absolute atomic E-state index is 0.0238. The van der Waals surface area contributed by atoms with Crippen molar-refractivity contribution in [2.45, 2.75) is 64.4 Å². The number of nitrogens with zero attached hydrogens (tertiary/aromatic N) is 1. The van der Waals surface area contributed by atoms with E-state index in [2.05, 4.69) is 19.2 Å². The molecule has 1 heterocycles. The van der Waals surface area contributed by atoms with Crippen molar-refractivity contribution in [2.75, 3.05) is 13.6 Å². The first-order valence-electron chi connectivity index (χ1n) is 7.61. The first-order valence-corrected chi connectivity index (χ1v) is 9.93. The highest BCUT2D eigenvalue weighted by Gasteiger charge is 2.29. The molecule has 0 aromatic carbocycles. The molecule has 4 nitrogen and oxygen atoms in total. The van der Waals surface area contributed by atoms with E-state index in [4.69, 9.17) is 0 Å². The Morgan fingerprint density at radius 3 is 2.57 bits per heavy atom. The van der Waals surface area contributed by atoms with E-state index in [0.29, 0.717) is 11.4 Å². The maximum absolute atomic E-state index is 12.9. The van der Waals surface area contributed by atoms with Gasteiger partial charge in [-0.15, -0.1) is 11.3 Å². The standard InChI is InChI=1S/C15H28N2O2S2/c1-6-8-13(4)17(5)21(18,19)15-12(3)11-20-14(15)10-16-9-7-2/h11,13,16H,6-10H2,1-5H3. The summed E-state index contributed by atoms with van der Waals surface area (Å²) in [5.41, 5.74) is 0.851. The summed E-state index contributed by atoms with van der Waals surface area (Å²) in [6.45, 7) is 9.55. The highest BCUT2D eigenvalue weighted by atomic mass is 32.2. The van der Waals surface area contributed by atoms with E-state index in [1.54, 1.807) is 7.05 Å². The van der Waals surface area contributed by atoms with Crippen LogP contribution in [0.4, 0.5) is 0 Å². The zero-order valence-corrected chi connectivity index (χ0v) is 15.4. The zero-order chi connectivity index (χ0) is 16.0. The molecule has 0 saturated heterocycles. The number of nitrogens with one attached hydrogen (secondary N) is 1. The fourth-order valence-electron chi connectivity index (χ4n) is 2.31. The first kappa shape index (κ1) is 18.6. The number of rotatable bonds is 9. The molecular formula is C15H28N2O2S2. The first-order chi connectivity index (χ1) is 9.86. The van der Waals surface area contributed by atoms with Gasteiger partial charge in [0, 0.05) is 24.5 Å². The van der Waals surface area contributed by atoms with Crippen LogP contribution in [0.5, 0.6) is 0 Å². The number of thiophene rings is 1. The van der Waals surface area contributed by atoms with Gasteiger partial charge in [-0.05, 0) is 44.2 Å². The van der Waals surface area contributed by atoms with Gasteiger partial charge < -0.3 is 5.32 Å². The minimum Gasteiger partial charge on any atom is -0.312 e. The summed E-state index contributed by atoms with van der Waals surface area (Å²) in [4.78, 5) is 1.41. The van der Waals surface area contributed by atoms with E-state index in [0.717, 1.165) is 36.2 Å². The number of hydrogen-bond acceptors (Lipinski definition) is 4. The van der Waals surface area contributed by atoms with Gasteiger partial charge in [-0.1, -0.05) is 20.3 Å². The molecule has 6 heteroatoms. The Morgan fingerprint density at radius 2 is 2.00 bits per heavy atom. The van der Waals surface area contributed by atoms with Crippen LogP contribution >= 0.6 is 11.3 Å². The van der Waals surface area contributed by atoms with Crippen molar-refractivity contribution in [3.63, 3.8) is 0 Å². The Hall–Kier alpha value is -0.430. The summed E-state index contributed by atoms with van der Waals surface area (Å²) in [5.74, 6) is 0. The van der Waals surface area contributed by atoms with Gasteiger partial charge in [-0.2, -0.15) is 4.31 Å². The smallest absolute Gasteiger partial charge is 0.244 e. The van der Waals surface area contributed by atoms with Crippen LogP contribution in [0.25, 0.3) is 0 Å². The second-order valence-electron chi connectivity index (χ2n) is 5.51. The van der Waals surface area contributed by atoms with Gasteiger partial charge in [0.25, 0.3) is 0 Å². The molecule has 0 radical (unpaired) electrons. The Morgan fingerprint density at radius 1 is 1.33 bits per heavy atom. The van der Waals surface area contributed by atoms with E-state index < -0.39 is 10.0 Å². The van der Waals surface area contributed by atoms with Gasteiger partial charge in [-0.25, -0.2) is 8.42 Å². The third kappa shape index (κ3) is 4.52. The predicted molar refractivity (Wildman–Crippen MR) is 90.4 cm³/mol. The summed E-state index contributed by atoms with van der Waals surface area (Å²) in [6, 6.07) is 0.0238. The van der Waals surface area contributed by atoms with Gasteiger partial charge in [0.15, 0.2) is 0 Å². The quantitative estimate of drug-likeness (QED) is 0.705. The molecule has 0 aliphatic carbocycles. The molecule has 1 unspecified atom stereocenters. The predicted octanol–water partition coefficient (Wildman–Crippen LogP) is 3.37. The van der Waals surface area contributed by atoms with Crippen molar-refractivity contribution in [3.8, 4) is 0 Å². The molecule has 1 atom stereocenters. The molecule has 21 heavy (non-hydrogen) atoms. The SMILES string of the molecule is CCCNCc1scc(C)c1S(=O)(=O)N(C)C(C)CCC. The molecule has 0 aliphatic heterocycles. The molecular weight excluding hydrogens is 304 g/mol. The van der Waals surface area contributed by atoms with Gasteiger partial charge in [0.1, 0.15) is 4.90 Å². The van der Waals surface area contributed by atoms with Gasteiger partial charge >= 0.3 is 0 Å². The summed E-state index contributed by atoms with van der Waals surface area (Å²) >= 11 is 1.53. The largest absolute Gasteiger partial charge is 0.312 e. The van der Waals surface area contributed by atoms with Crippen LogP contribution in [-0.4, -0.2) is 32.4 Å². The van der Waals surface area contributed by atoms with Crippen molar-refractivity contribution < 1.29 is 8.42 Å². The highest BCUT2D eigenvalue weighted by Crippen LogP contribution is 2.30. The van der Waals surface area contributed by atoms with E-state index in [1.165, 1.54) is 15.6 Å². The van der Waals surface area contributed by atoms with Gasteiger partial charge in [0.05, 0.1) is 0 Å². The lowest BCUT2D eigenvalue weighted by molar-refractivity contribution is 0.368. The van der Waals surface area contributed by atoms with E-state index in [1.807, 2.05) is 19.2 Å².